The van der Waals surface area contributed by atoms with Crippen LogP contribution in [0.4, 0.5) is 14.9 Å². The molecule has 2 heterocycles. The molecular weight excluding hydrogens is 325 g/mol. The van der Waals surface area contributed by atoms with Gasteiger partial charge in [-0.3, -0.25) is 4.90 Å². The third-order valence-corrected chi connectivity index (χ3v) is 4.13. The Morgan fingerprint density at radius 1 is 1.20 bits per heavy atom. The number of anilines is 1. The number of halogens is 1. The topological polar surface area (TPSA) is 66.7 Å². The third-order valence-electron chi connectivity index (χ3n) is 4.13. The molecule has 0 spiro atoms. The van der Waals surface area contributed by atoms with Crippen molar-refractivity contribution in [1.29, 1.82) is 0 Å². The second-order valence-corrected chi connectivity index (χ2v) is 5.95. The van der Waals surface area contributed by atoms with Gasteiger partial charge in [0.2, 0.25) is 0 Å². The molecule has 0 radical (unpaired) electrons. The predicted molar refractivity (Wildman–Crippen MR) is 92.0 cm³/mol. The SMILES string of the molecule is Cc1ccc([C@@H](CNC(=O)Nc2ccc(F)cc2)N2CCOCC2)o1. The van der Waals surface area contributed by atoms with E-state index in [1.165, 1.54) is 24.3 Å². The van der Waals surface area contributed by atoms with Crippen LogP contribution in [0.2, 0.25) is 0 Å². The average molecular weight is 347 g/mol. The van der Waals surface area contributed by atoms with Gasteiger partial charge in [-0.05, 0) is 43.3 Å². The van der Waals surface area contributed by atoms with Gasteiger partial charge in [0.25, 0.3) is 0 Å². The quantitative estimate of drug-likeness (QED) is 0.873. The lowest BCUT2D eigenvalue weighted by atomic mass is 10.1. The Hall–Kier alpha value is -2.38. The van der Waals surface area contributed by atoms with E-state index in [1.807, 2.05) is 19.1 Å². The fourth-order valence-electron chi connectivity index (χ4n) is 2.83. The van der Waals surface area contributed by atoms with Crippen molar-refractivity contribution in [1.82, 2.24) is 10.2 Å². The molecule has 2 aromatic rings. The van der Waals surface area contributed by atoms with E-state index in [9.17, 15) is 9.18 Å². The van der Waals surface area contributed by atoms with Crippen molar-refractivity contribution >= 4 is 11.7 Å². The number of morpholine rings is 1. The number of nitrogens with zero attached hydrogens (tertiary/aromatic N) is 1. The van der Waals surface area contributed by atoms with E-state index in [-0.39, 0.29) is 17.9 Å². The molecule has 1 fully saturated rings. The van der Waals surface area contributed by atoms with E-state index in [1.54, 1.807) is 0 Å². The smallest absolute Gasteiger partial charge is 0.319 e. The number of urea groups is 1. The molecule has 1 aliphatic heterocycles. The van der Waals surface area contributed by atoms with Gasteiger partial charge in [0, 0.05) is 25.3 Å². The summed E-state index contributed by atoms with van der Waals surface area (Å²) in [6.45, 7) is 5.20. The molecule has 1 atom stereocenters. The molecule has 2 N–H and O–H groups in total. The second kappa shape index (κ2) is 8.13. The second-order valence-electron chi connectivity index (χ2n) is 5.95. The molecule has 6 nitrogen and oxygen atoms in total. The van der Waals surface area contributed by atoms with Gasteiger partial charge in [0.05, 0.1) is 19.3 Å². The van der Waals surface area contributed by atoms with E-state index >= 15 is 0 Å². The number of hydrogen-bond acceptors (Lipinski definition) is 4. The van der Waals surface area contributed by atoms with Gasteiger partial charge in [0.1, 0.15) is 17.3 Å². The molecule has 1 aromatic heterocycles. The summed E-state index contributed by atoms with van der Waals surface area (Å²) in [7, 11) is 0. The highest BCUT2D eigenvalue weighted by Crippen LogP contribution is 2.23. The van der Waals surface area contributed by atoms with Gasteiger partial charge in [-0.2, -0.15) is 0 Å². The van der Waals surface area contributed by atoms with Crippen molar-refractivity contribution < 1.29 is 18.3 Å². The Labute approximate surface area is 145 Å². The van der Waals surface area contributed by atoms with E-state index in [2.05, 4.69) is 15.5 Å². The number of carbonyl (C=O) groups is 1. The minimum Gasteiger partial charge on any atom is -0.465 e. The zero-order valence-corrected chi connectivity index (χ0v) is 14.1. The van der Waals surface area contributed by atoms with Crippen molar-refractivity contribution in [3.8, 4) is 0 Å². The van der Waals surface area contributed by atoms with Crippen LogP contribution in [0.3, 0.4) is 0 Å². The van der Waals surface area contributed by atoms with E-state index in [4.69, 9.17) is 9.15 Å². The van der Waals surface area contributed by atoms with Gasteiger partial charge in [-0.15, -0.1) is 0 Å². The summed E-state index contributed by atoms with van der Waals surface area (Å²) in [5.41, 5.74) is 0.538. The van der Waals surface area contributed by atoms with Crippen LogP contribution in [0.25, 0.3) is 0 Å². The maximum absolute atomic E-state index is 12.9. The fraction of sp³-hybridized carbons (Fsp3) is 0.389. The highest BCUT2D eigenvalue weighted by Gasteiger charge is 2.25. The molecule has 0 unspecified atom stereocenters. The number of benzene rings is 1. The number of amides is 2. The molecule has 7 heteroatoms. The Bertz CT molecular complexity index is 696. The Balaban J connectivity index is 1.61. The normalized spacial score (nSPS) is 16.4. The molecule has 134 valence electrons. The van der Waals surface area contributed by atoms with Crippen molar-refractivity contribution in [2.75, 3.05) is 38.2 Å². The lowest BCUT2D eigenvalue weighted by Gasteiger charge is -2.33. The van der Waals surface area contributed by atoms with E-state index < -0.39 is 0 Å². The number of carbonyl (C=O) groups excluding carboxylic acids is 1. The minimum absolute atomic E-state index is 0.0587. The third kappa shape index (κ3) is 4.80. The summed E-state index contributed by atoms with van der Waals surface area (Å²) in [6.07, 6.45) is 0. The van der Waals surface area contributed by atoms with Crippen LogP contribution < -0.4 is 10.6 Å². The summed E-state index contributed by atoms with van der Waals surface area (Å²) in [6, 6.07) is 9.10. The number of rotatable bonds is 5. The molecule has 0 aliphatic carbocycles. The molecule has 25 heavy (non-hydrogen) atoms. The maximum atomic E-state index is 12.9. The largest absolute Gasteiger partial charge is 0.465 e. The van der Waals surface area contributed by atoms with Gasteiger partial charge >= 0.3 is 6.03 Å². The number of hydrogen-bond donors (Lipinski definition) is 2. The first kappa shape index (κ1) is 17.4. The Kier molecular flexibility index (Phi) is 5.67. The zero-order valence-electron chi connectivity index (χ0n) is 14.1. The molecule has 1 aromatic carbocycles. The van der Waals surface area contributed by atoms with Crippen molar-refractivity contribution in [3.63, 3.8) is 0 Å². The first-order valence-electron chi connectivity index (χ1n) is 8.30. The summed E-state index contributed by atoms with van der Waals surface area (Å²) >= 11 is 0. The van der Waals surface area contributed by atoms with Gasteiger partial charge in [-0.1, -0.05) is 0 Å². The van der Waals surface area contributed by atoms with Crippen LogP contribution in [0.1, 0.15) is 17.6 Å². The van der Waals surface area contributed by atoms with E-state index in [0.717, 1.165) is 24.6 Å². The average Bonchev–Trinajstić information content (AvgIpc) is 3.04. The summed E-state index contributed by atoms with van der Waals surface area (Å²) in [5, 5.41) is 5.56. The highest BCUT2D eigenvalue weighted by molar-refractivity contribution is 5.89. The van der Waals surface area contributed by atoms with Crippen molar-refractivity contribution in [2.24, 2.45) is 0 Å². The van der Waals surface area contributed by atoms with Crippen LogP contribution >= 0.6 is 0 Å². The highest BCUT2D eigenvalue weighted by atomic mass is 19.1. The van der Waals surface area contributed by atoms with Crippen molar-refractivity contribution in [3.05, 3.63) is 53.7 Å². The fourth-order valence-corrected chi connectivity index (χ4v) is 2.83. The van der Waals surface area contributed by atoms with Gasteiger partial charge < -0.3 is 19.8 Å². The Morgan fingerprint density at radius 3 is 2.56 bits per heavy atom. The molecule has 1 saturated heterocycles. The molecular formula is C18H22FN3O3. The monoisotopic (exact) mass is 347 g/mol. The predicted octanol–water partition coefficient (Wildman–Crippen LogP) is 2.92. The number of nitrogens with one attached hydrogen (secondary N) is 2. The van der Waals surface area contributed by atoms with Crippen molar-refractivity contribution in [2.45, 2.75) is 13.0 Å². The van der Waals surface area contributed by atoms with Gasteiger partial charge in [0.15, 0.2) is 0 Å². The minimum atomic E-state index is -0.341. The molecule has 0 bridgehead atoms. The lowest BCUT2D eigenvalue weighted by molar-refractivity contribution is 0.0122. The lowest BCUT2D eigenvalue weighted by Crippen LogP contribution is -2.44. The van der Waals surface area contributed by atoms with Crippen LogP contribution in [-0.4, -0.2) is 43.8 Å². The maximum Gasteiger partial charge on any atom is 0.319 e. The number of aryl methyl sites for hydroxylation is 1. The summed E-state index contributed by atoms with van der Waals surface area (Å²) in [4.78, 5) is 14.4. The molecule has 2 amide bonds. The zero-order chi connectivity index (χ0) is 17.6. The standard InChI is InChI=1S/C18H22FN3O3/c1-13-2-7-17(25-13)16(22-8-10-24-11-9-22)12-20-18(23)21-15-5-3-14(19)4-6-15/h2-7,16H,8-12H2,1H3,(H2,20,21,23)/t16-/m1/s1. The van der Waals surface area contributed by atoms with E-state index in [0.29, 0.717) is 25.4 Å². The number of furan rings is 1. The first-order valence-corrected chi connectivity index (χ1v) is 8.30. The van der Waals surface area contributed by atoms with Crippen LogP contribution in [-0.2, 0) is 4.74 Å². The van der Waals surface area contributed by atoms with Crippen LogP contribution in [0, 0.1) is 12.7 Å². The first-order chi connectivity index (χ1) is 12.1. The Morgan fingerprint density at radius 2 is 1.92 bits per heavy atom. The van der Waals surface area contributed by atoms with Crippen LogP contribution in [0.5, 0.6) is 0 Å². The molecule has 3 rings (SSSR count). The van der Waals surface area contributed by atoms with Gasteiger partial charge in [-0.25, -0.2) is 9.18 Å². The molecule has 0 saturated carbocycles. The summed E-state index contributed by atoms with van der Waals surface area (Å²) in [5.74, 6) is 1.32. The number of ether oxygens (including phenoxy) is 1. The molecule has 1 aliphatic rings. The van der Waals surface area contributed by atoms with Crippen LogP contribution in [0.15, 0.2) is 40.8 Å². The summed E-state index contributed by atoms with van der Waals surface area (Å²) < 4.78 is 24.1.